The quantitative estimate of drug-likeness (QED) is 0.870. The highest BCUT2D eigenvalue weighted by Gasteiger charge is 2.36. The van der Waals surface area contributed by atoms with E-state index in [2.05, 4.69) is 11.9 Å². The van der Waals surface area contributed by atoms with Crippen LogP contribution in [0.2, 0.25) is 0 Å². The van der Waals surface area contributed by atoms with Crippen LogP contribution in [0.15, 0.2) is 24.3 Å². The van der Waals surface area contributed by atoms with Crippen LogP contribution in [0.1, 0.15) is 31.2 Å². The van der Waals surface area contributed by atoms with E-state index in [1.807, 2.05) is 12.1 Å². The van der Waals surface area contributed by atoms with E-state index < -0.39 is 0 Å². The van der Waals surface area contributed by atoms with Crippen LogP contribution in [-0.2, 0) is 6.54 Å². The summed E-state index contributed by atoms with van der Waals surface area (Å²) in [6.07, 6.45) is 4.74. The monoisotopic (exact) mass is 236 g/mol. The number of hydrogen-bond acceptors (Lipinski definition) is 2. The molecule has 0 atom stereocenters. The summed E-state index contributed by atoms with van der Waals surface area (Å²) in [5.41, 5.74) is 6.77. The van der Waals surface area contributed by atoms with Crippen LogP contribution < -0.4 is 5.73 Å². The minimum atomic E-state index is -0.121. The number of halogens is 1. The molecule has 1 aliphatic carbocycles. The molecule has 0 spiro atoms. The molecule has 94 valence electrons. The molecule has 0 heterocycles. The van der Waals surface area contributed by atoms with Crippen molar-refractivity contribution in [1.82, 2.24) is 4.90 Å². The van der Waals surface area contributed by atoms with E-state index in [0.717, 1.165) is 18.4 Å². The van der Waals surface area contributed by atoms with Crippen molar-refractivity contribution in [2.75, 3.05) is 13.6 Å². The van der Waals surface area contributed by atoms with Crippen molar-refractivity contribution in [2.45, 2.75) is 37.8 Å². The van der Waals surface area contributed by atoms with Crippen molar-refractivity contribution < 1.29 is 4.39 Å². The lowest BCUT2D eigenvalue weighted by molar-refractivity contribution is 0.122. The highest BCUT2D eigenvalue weighted by molar-refractivity contribution is 5.17. The first-order chi connectivity index (χ1) is 8.18. The van der Waals surface area contributed by atoms with Gasteiger partial charge in [0.05, 0.1) is 0 Å². The molecule has 2 nitrogen and oxygen atoms in total. The summed E-state index contributed by atoms with van der Waals surface area (Å²) in [5, 5.41) is 0. The average molecular weight is 236 g/mol. The van der Waals surface area contributed by atoms with Crippen LogP contribution in [0.25, 0.3) is 0 Å². The normalized spacial score (nSPS) is 18.8. The fraction of sp³-hybridized carbons (Fsp3) is 0.571. The highest BCUT2D eigenvalue weighted by Crippen LogP contribution is 2.34. The Hall–Kier alpha value is -0.930. The Morgan fingerprint density at radius 3 is 2.53 bits per heavy atom. The van der Waals surface area contributed by atoms with Gasteiger partial charge in [0.15, 0.2) is 0 Å². The number of nitrogens with zero attached hydrogens (tertiary/aromatic N) is 1. The van der Waals surface area contributed by atoms with E-state index in [-0.39, 0.29) is 11.4 Å². The summed E-state index contributed by atoms with van der Waals surface area (Å²) in [6.45, 7) is 1.31. The lowest BCUT2D eigenvalue weighted by atomic mass is 9.95. The van der Waals surface area contributed by atoms with E-state index in [4.69, 9.17) is 5.73 Å². The van der Waals surface area contributed by atoms with Gasteiger partial charge in [-0.05, 0) is 26.0 Å². The van der Waals surface area contributed by atoms with E-state index in [1.54, 1.807) is 6.07 Å². The zero-order chi connectivity index (χ0) is 12.3. The average Bonchev–Trinajstić information content (AvgIpc) is 2.82. The predicted molar refractivity (Wildman–Crippen MR) is 68.1 cm³/mol. The molecule has 1 aliphatic rings. The smallest absolute Gasteiger partial charge is 0.127 e. The van der Waals surface area contributed by atoms with Gasteiger partial charge >= 0.3 is 0 Å². The van der Waals surface area contributed by atoms with Crippen LogP contribution in [-0.4, -0.2) is 24.0 Å². The van der Waals surface area contributed by atoms with Crippen molar-refractivity contribution in [1.29, 1.82) is 0 Å². The van der Waals surface area contributed by atoms with Crippen LogP contribution in [0.4, 0.5) is 4.39 Å². The van der Waals surface area contributed by atoms with Crippen molar-refractivity contribution in [2.24, 2.45) is 5.73 Å². The maximum Gasteiger partial charge on any atom is 0.127 e. The van der Waals surface area contributed by atoms with Crippen molar-refractivity contribution in [3.8, 4) is 0 Å². The van der Waals surface area contributed by atoms with Crippen LogP contribution >= 0.6 is 0 Å². The van der Waals surface area contributed by atoms with Gasteiger partial charge in [-0.2, -0.15) is 0 Å². The number of benzene rings is 1. The summed E-state index contributed by atoms with van der Waals surface area (Å²) in [7, 11) is 2.06. The Bertz CT molecular complexity index is 372. The molecule has 3 heteroatoms. The van der Waals surface area contributed by atoms with Gasteiger partial charge in [-0.15, -0.1) is 0 Å². The first-order valence-corrected chi connectivity index (χ1v) is 6.33. The Kier molecular flexibility index (Phi) is 3.79. The Morgan fingerprint density at radius 1 is 1.29 bits per heavy atom. The van der Waals surface area contributed by atoms with Gasteiger partial charge in [0.2, 0.25) is 0 Å². The van der Waals surface area contributed by atoms with E-state index in [1.165, 1.54) is 18.9 Å². The Labute approximate surface area is 103 Å². The first kappa shape index (κ1) is 12.5. The third-order valence-electron chi connectivity index (χ3n) is 4.09. The molecule has 2 N–H and O–H groups in total. The molecule has 1 saturated carbocycles. The number of hydrogen-bond donors (Lipinski definition) is 1. The lowest BCUT2D eigenvalue weighted by Gasteiger charge is -2.38. The SMILES string of the molecule is CN(Cc1ccccc1F)C1(CN)CCCC1. The molecule has 0 unspecified atom stereocenters. The second kappa shape index (κ2) is 5.15. The molecule has 1 aromatic rings. The molecule has 1 aromatic carbocycles. The summed E-state index contributed by atoms with van der Waals surface area (Å²) in [5.74, 6) is -0.121. The number of rotatable bonds is 4. The summed E-state index contributed by atoms with van der Waals surface area (Å²) in [6, 6.07) is 6.99. The molecular weight excluding hydrogens is 215 g/mol. The Balaban J connectivity index is 2.10. The molecule has 0 aliphatic heterocycles. The molecular formula is C14H21FN2. The Morgan fingerprint density at radius 2 is 1.94 bits per heavy atom. The topological polar surface area (TPSA) is 29.3 Å². The molecule has 0 saturated heterocycles. The molecule has 0 amide bonds. The van der Waals surface area contributed by atoms with Crippen LogP contribution in [0.3, 0.4) is 0 Å². The second-order valence-corrected chi connectivity index (χ2v) is 5.08. The van der Waals surface area contributed by atoms with Gasteiger partial charge in [-0.25, -0.2) is 4.39 Å². The van der Waals surface area contributed by atoms with Crippen molar-refractivity contribution >= 4 is 0 Å². The summed E-state index contributed by atoms with van der Waals surface area (Å²) < 4.78 is 13.6. The second-order valence-electron chi connectivity index (χ2n) is 5.08. The van der Waals surface area contributed by atoms with Gasteiger partial charge in [-0.3, -0.25) is 4.90 Å². The van der Waals surface area contributed by atoms with Gasteiger partial charge in [0.1, 0.15) is 5.82 Å². The zero-order valence-corrected chi connectivity index (χ0v) is 10.5. The molecule has 2 rings (SSSR count). The van der Waals surface area contributed by atoms with Gasteiger partial charge in [0.25, 0.3) is 0 Å². The van der Waals surface area contributed by atoms with Gasteiger partial charge in [-0.1, -0.05) is 31.0 Å². The summed E-state index contributed by atoms with van der Waals surface area (Å²) >= 11 is 0. The van der Waals surface area contributed by atoms with E-state index >= 15 is 0 Å². The number of nitrogens with two attached hydrogens (primary N) is 1. The van der Waals surface area contributed by atoms with Crippen LogP contribution in [0.5, 0.6) is 0 Å². The molecule has 0 bridgehead atoms. The molecule has 1 fully saturated rings. The zero-order valence-electron chi connectivity index (χ0n) is 10.5. The largest absolute Gasteiger partial charge is 0.329 e. The lowest BCUT2D eigenvalue weighted by Crippen LogP contribution is -2.49. The third-order valence-corrected chi connectivity index (χ3v) is 4.09. The van der Waals surface area contributed by atoms with Crippen molar-refractivity contribution in [3.05, 3.63) is 35.6 Å². The molecule has 0 radical (unpaired) electrons. The fourth-order valence-corrected chi connectivity index (χ4v) is 2.82. The van der Waals surface area contributed by atoms with E-state index in [9.17, 15) is 4.39 Å². The standard InChI is InChI=1S/C14H21FN2/c1-17(14(11-16)8-4-5-9-14)10-12-6-2-3-7-13(12)15/h2-3,6-7H,4-5,8-11,16H2,1H3. The third kappa shape index (κ3) is 2.50. The molecule has 17 heavy (non-hydrogen) atoms. The maximum absolute atomic E-state index is 13.6. The highest BCUT2D eigenvalue weighted by atomic mass is 19.1. The maximum atomic E-state index is 13.6. The van der Waals surface area contributed by atoms with Crippen LogP contribution in [0, 0.1) is 5.82 Å². The van der Waals surface area contributed by atoms with Gasteiger partial charge < -0.3 is 5.73 Å². The predicted octanol–water partition coefficient (Wildman–Crippen LogP) is 2.53. The van der Waals surface area contributed by atoms with Crippen molar-refractivity contribution in [3.63, 3.8) is 0 Å². The fourth-order valence-electron chi connectivity index (χ4n) is 2.82. The minimum Gasteiger partial charge on any atom is -0.329 e. The van der Waals surface area contributed by atoms with E-state index in [0.29, 0.717) is 13.1 Å². The minimum absolute atomic E-state index is 0.0856. The molecule has 0 aromatic heterocycles. The van der Waals surface area contributed by atoms with Gasteiger partial charge in [0, 0.05) is 24.2 Å². The summed E-state index contributed by atoms with van der Waals surface area (Å²) in [4.78, 5) is 2.23. The first-order valence-electron chi connectivity index (χ1n) is 6.33. The number of likely N-dealkylation sites (N-methyl/N-ethyl adjacent to an activating group) is 1.